The van der Waals surface area contributed by atoms with Gasteiger partial charge in [-0.1, -0.05) is 48.5 Å². The van der Waals surface area contributed by atoms with Gasteiger partial charge < -0.3 is 15.2 Å². The maximum Gasteiger partial charge on any atom is 0.407 e. The van der Waals surface area contributed by atoms with E-state index in [1.807, 2.05) is 24.3 Å². The maximum atomic E-state index is 12.7. The van der Waals surface area contributed by atoms with E-state index in [1.54, 1.807) is 0 Å². The predicted molar refractivity (Wildman–Crippen MR) is 125 cm³/mol. The van der Waals surface area contributed by atoms with E-state index in [0.29, 0.717) is 6.42 Å². The molecule has 2 aromatic rings. The molecule has 0 spiro atoms. The van der Waals surface area contributed by atoms with E-state index in [9.17, 15) is 14.7 Å². The number of carbonyl (C=O) groups is 2. The third-order valence-corrected chi connectivity index (χ3v) is 8.74. The largest absolute Gasteiger partial charge is 0.480 e. The quantitative estimate of drug-likeness (QED) is 0.608. The zero-order valence-corrected chi connectivity index (χ0v) is 18.8. The topological polar surface area (TPSA) is 75.6 Å². The number of fused-ring (bicyclic) bond motifs is 3. The van der Waals surface area contributed by atoms with Crippen molar-refractivity contribution in [1.82, 2.24) is 5.32 Å². The van der Waals surface area contributed by atoms with Crippen LogP contribution in [0.25, 0.3) is 11.1 Å². The van der Waals surface area contributed by atoms with Crippen molar-refractivity contribution < 1.29 is 19.4 Å². The Kier molecular flexibility index (Phi) is 4.97. The molecule has 172 valence electrons. The van der Waals surface area contributed by atoms with Crippen molar-refractivity contribution in [3.8, 4) is 11.1 Å². The molecule has 33 heavy (non-hydrogen) atoms. The molecule has 7 rings (SSSR count). The molecule has 5 heteroatoms. The summed E-state index contributed by atoms with van der Waals surface area (Å²) in [7, 11) is 0. The summed E-state index contributed by atoms with van der Waals surface area (Å²) in [6.07, 6.45) is 7.20. The molecule has 5 aliphatic carbocycles. The molecule has 0 saturated heterocycles. The van der Waals surface area contributed by atoms with Gasteiger partial charge in [-0.2, -0.15) is 0 Å². The van der Waals surface area contributed by atoms with E-state index in [-0.39, 0.29) is 17.9 Å². The zero-order valence-electron chi connectivity index (χ0n) is 18.8. The van der Waals surface area contributed by atoms with Gasteiger partial charge in [-0.05, 0) is 90.4 Å². The highest BCUT2D eigenvalue weighted by Crippen LogP contribution is 2.61. The summed E-state index contributed by atoms with van der Waals surface area (Å²) in [5, 5.41) is 12.6. The lowest BCUT2D eigenvalue weighted by Gasteiger charge is -2.57. The number of aliphatic carboxylic acids is 1. The first kappa shape index (κ1) is 20.8. The van der Waals surface area contributed by atoms with Gasteiger partial charge in [-0.3, -0.25) is 0 Å². The second-order valence-corrected chi connectivity index (χ2v) is 11.0. The molecule has 1 atom stereocenters. The Hall–Kier alpha value is -2.82. The first-order valence-corrected chi connectivity index (χ1v) is 12.3. The van der Waals surface area contributed by atoms with Crippen molar-refractivity contribution in [1.29, 1.82) is 0 Å². The van der Waals surface area contributed by atoms with Crippen molar-refractivity contribution in [2.45, 2.75) is 56.9 Å². The molecule has 4 saturated carbocycles. The van der Waals surface area contributed by atoms with Gasteiger partial charge in [0.15, 0.2) is 0 Å². The molecular formula is C28H31NO4. The number of amides is 1. The van der Waals surface area contributed by atoms with E-state index in [0.717, 1.165) is 48.1 Å². The van der Waals surface area contributed by atoms with Crippen LogP contribution in [-0.2, 0) is 9.53 Å². The monoisotopic (exact) mass is 445 g/mol. The lowest BCUT2D eigenvalue weighted by Crippen LogP contribution is -2.51. The summed E-state index contributed by atoms with van der Waals surface area (Å²) >= 11 is 0. The first-order valence-electron chi connectivity index (χ1n) is 12.3. The van der Waals surface area contributed by atoms with Crippen molar-refractivity contribution in [3.05, 3.63) is 59.7 Å². The highest BCUT2D eigenvalue weighted by molar-refractivity contribution is 5.81. The third kappa shape index (κ3) is 3.71. The smallest absolute Gasteiger partial charge is 0.407 e. The summed E-state index contributed by atoms with van der Waals surface area (Å²) < 4.78 is 5.63. The molecule has 1 amide bonds. The minimum absolute atomic E-state index is 0.0328. The van der Waals surface area contributed by atoms with E-state index in [4.69, 9.17) is 4.74 Å². The van der Waals surface area contributed by atoms with Crippen molar-refractivity contribution in [3.63, 3.8) is 0 Å². The highest BCUT2D eigenvalue weighted by atomic mass is 16.5. The summed E-state index contributed by atoms with van der Waals surface area (Å²) in [4.78, 5) is 24.8. The lowest BCUT2D eigenvalue weighted by molar-refractivity contribution is -0.142. The van der Waals surface area contributed by atoms with Gasteiger partial charge in [0, 0.05) is 5.92 Å². The minimum atomic E-state index is -0.959. The fraction of sp³-hybridized carbons (Fsp3) is 0.500. The number of carboxylic acid groups (broad SMARTS) is 1. The number of nitrogens with one attached hydrogen (secondary N) is 1. The Morgan fingerprint density at radius 3 is 1.94 bits per heavy atom. The van der Waals surface area contributed by atoms with Gasteiger partial charge in [0.1, 0.15) is 12.6 Å². The number of alkyl carbamates (subject to hydrolysis) is 1. The summed E-state index contributed by atoms with van der Waals surface area (Å²) in [5.74, 6) is 1.26. The average Bonchev–Trinajstić information content (AvgIpc) is 3.10. The standard InChI is InChI=1S/C28H31NO4/c30-26(31)25(15-28-12-17-9-18(13-28)11-19(10-17)14-28)29-27(32)33-16-24-22-7-3-1-5-20(22)21-6-2-4-8-23(21)24/h1-8,17-19,24-25H,9-16H2,(H,29,32)(H,30,31)/t17?,18?,19?,25-,28?/m1/s1. The SMILES string of the molecule is O=C(N[C@H](CC12CC3CC(CC(C3)C1)C2)C(=O)O)OCC1c2ccccc2-c2ccccc21. The molecular weight excluding hydrogens is 414 g/mol. The van der Waals surface area contributed by atoms with Gasteiger partial charge >= 0.3 is 12.1 Å². The Morgan fingerprint density at radius 1 is 0.909 bits per heavy atom. The van der Waals surface area contributed by atoms with Crippen LogP contribution in [-0.4, -0.2) is 29.8 Å². The second kappa shape index (κ2) is 7.89. The van der Waals surface area contributed by atoms with Gasteiger partial charge in [-0.25, -0.2) is 9.59 Å². The maximum absolute atomic E-state index is 12.7. The van der Waals surface area contributed by atoms with Crippen molar-refractivity contribution >= 4 is 12.1 Å². The van der Waals surface area contributed by atoms with E-state index < -0.39 is 18.1 Å². The third-order valence-electron chi connectivity index (χ3n) is 8.74. The molecule has 2 aromatic carbocycles. The predicted octanol–water partition coefficient (Wildman–Crippen LogP) is 5.58. The molecule has 5 nitrogen and oxygen atoms in total. The van der Waals surface area contributed by atoms with Crippen LogP contribution in [0, 0.1) is 23.2 Å². The number of benzene rings is 2. The van der Waals surface area contributed by atoms with Crippen LogP contribution < -0.4 is 5.32 Å². The number of rotatable bonds is 6. The van der Waals surface area contributed by atoms with Gasteiger partial charge in [0.25, 0.3) is 0 Å². The highest BCUT2D eigenvalue weighted by Gasteiger charge is 2.52. The fourth-order valence-corrected chi connectivity index (χ4v) is 7.96. The molecule has 0 aliphatic heterocycles. The molecule has 0 heterocycles. The average molecular weight is 446 g/mol. The van der Waals surface area contributed by atoms with Crippen molar-refractivity contribution in [2.24, 2.45) is 23.2 Å². The zero-order chi connectivity index (χ0) is 22.6. The van der Waals surface area contributed by atoms with E-state index in [1.165, 1.54) is 30.4 Å². The van der Waals surface area contributed by atoms with Crippen LogP contribution in [0.4, 0.5) is 4.79 Å². The van der Waals surface area contributed by atoms with E-state index >= 15 is 0 Å². The Bertz CT molecular complexity index is 1010. The van der Waals surface area contributed by atoms with Crippen LogP contribution in [0.2, 0.25) is 0 Å². The number of carbonyl (C=O) groups excluding carboxylic acids is 1. The van der Waals surface area contributed by atoms with Gasteiger partial charge in [0.2, 0.25) is 0 Å². The second-order valence-electron chi connectivity index (χ2n) is 11.0. The van der Waals surface area contributed by atoms with Crippen LogP contribution in [0.3, 0.4) is 0 Å². The van der Waals surface area contributed by atoms with Gasteiger partial charge in [0.05, 0.1) is 0 Å². The number of ether oxygens (including phenoxy) is 1. The van der Waals surface area contributed by atoms with Crippen molar-refractivity contribution in [2.75, 3.05) is 6.61 Å². The van der Waals surface area contributed by atoms with Crippen LogP contribution in [0.1, 0.15) is 62.0 Å². The Labute approximate surface area is 194 Å². The summed E-state index contributed by atoms with van der Waals surface area (Å²) in [6, 6.07) is 15.5. The Balaban J connectivity index is 1.13. The molecule has 4 bridgehead atoms. The minimum Gasteiger partial charge on any atom is -0.480 e. The van der Waals surface area contributed by atoms with Crippen LogP contribution in [0.15, 0.2) is 48.5 Å². The number of carboxylic acids is 1. The molecule has 0 aromatic heterocycles. The normalized spacial score (nSPS) is 29.9. The molecule has 5 aliphatic rings. The van der Waals surface area contributed by atoms with Crippen LogP contribution in [0.5, 0.6) is 0 Å². The lowest BCUT2D eigenvalue weighted by atomic mass is 9.48. The Morgan fingerprint density at radius 2 is 1.42 bits per heavy atom. The molecule has 4 fully saturated rings. The van der Waals surface area contributed by atoms with Crippen LogP contribution >= 0.6 is 0 Å². The fourth-order valence-electron chi connectivity index (χ4n) is 7.96. The summed E-state index contributed by atoms with van der Waals surface area (Å²) in [5.41, 5.74) is 4.72. The molecule has 0 unspecified atom stereocenters. The number of hydrogen-bond acceptors (Lipinski definition) is 3. The first-order chi connectivity index (χ1) is 16.0. The van der Waals surface area contributed by atoms with Gasteiger partial charge in [-0.15, -0.1) is 0 Å². The molecule has 2 N–H and O–H groups in total. The number of hydrogen-bond donors (Lipinski definition) is 2. The van der Waals surface area contributed by atoms with E-state index in [2.05, 4.69) is 29.6 Å². The summed E-state index contributed by atoms with van der Waals surface area (Å²) in [6.45, 7) is 0.198. The molecule has 0 radical (unpaired) electrons.